The lowest BCUT2D eigenvalue weighted by molar-refractivity contribution is -0.134. The molecule has 1 aliphatic heterocycles. The Balaban J connectivity index is 1.44. The molecule has 2 amide bonds. The normalized spacial score (nSPS) is 18.2. The first-order valence-corrected chi connectivity index (χ1v) is 10.1. The molecule has 1 aliphatic carbocycles. The molecule has 1 spiro atoms. The van der Waals surface area contributed by atoms with Crippen molar-refractivity contribution in [3.05, 3.63) is 46.7 Å². The van der Waals surface area contributed by atoms with E-state index in [1.807, 2.05) is 11.0 Å². The molecular weight excluding hydrogens is 390 g/mol. The minimum atomic E-state index is -0.666. The van der Waals surface area contributed by atoms with Crippen molar-refractivity contribution in [3.63, 3.8) is 0 Å². The van der Waals surface area contributed by atoms with Gasteiger partial charge in [-0.1, -0.05) is 11.6 Å². The van der Waals surface area contributed by atoms with Crippen LogP contribution in [0.2, 0.25) is 5.02 Å². The smallest absolute Gasteiger partial charge is 0.256 e. The standard InChI is InChI=1S/C21H22ClN5O2/c1-14(20(29)26-10-8-21(6-7-21)9-11-26)25-19(28)17-13-24-27(18(17)12-23)16-4-2-15(22)3-5-16/h2-5,13-14H,6-11H2,1H3,(H,25,28)/t14-/m0/s1. The fraction of sp³-hybridized carbons (Fsp3) is 0.429. The van der Waals surface area contributed by atoms with Crippen molar-refractivity contribution in [3.8, 4) is 11.8 Å². The highest BCUT2D eigenvalue weighted by molar-refractivity contribution is 6.30. The number of amides is 2. The van der Waals surface area contributed by atoms with Crippen molar-refractivity contribution < 1.29 is 9.59 Å². The number of hydrogen-bond acceptors (Lipinski definition) is 4. The van der Waals surface area contributed by atoms with E-state index >= 15 is 0 Å². The number of nitrogens with one attached hydrogen (secondary N) is 1. The van der Waals surface area contributed by atoms with Crippen molar-refractivity contribution in [2.24, 2.45) is 5.41 Å². The van der Waals surface area contributed by atoms with E-state index in [2.05, 4.69) is 10.4 Å². The molecule has 0 bridgehead atoms. The summed E-state index contributed by atoms with van der Waals surface area (Å²) in [4.78, 5) is 27.3. The SMILES string of the molecule is C[C@H](NC(=O)c1cnn(-c2ccc(Cl)cc2)c1C#N)C(=O)N1CCC2(CC1)CC2. The van der Waals surface area contributed by atoms with Crippen LogP contribution in [0.3, 0.4) is 0 Å². The fourth-order valence-corrected chi connectivity index (χ4v) is 4.01. The van der Waals surface area contributed by atoms with Gasteiger partial charge in [0.25, 0.3) is 5.91 Å². The third-order valence-electron chi connectivity index (χ3n) is 6.00. The van der Waals surface area contributed by atoms with E-state index in [9.17, 15) is 14.9 Å². The van der Waals surface area contributed by atoms with E-state index in [0.29, 0.717) is 16.1 Å². The van der Waals surface area contributed by atoms with E-state index in [4.69, 9.17) is 11.6 Å². The molecule has 8 heteroatoms. The first-order chi connectivity index (χ1) is 13.9. The van der Waals surface area contributed by atoms with Crippen LogP contribution in [0.5, 0.6) is 0 Å². The summed E-state index contributed by atoms with van der Waals surface area (Å²) < 4.78 is 1.39. The maximum Gasteiger partial charge on any atom is 0.256 e. The van der Waals surface area contributed by atoms with Gasteiger partial charge in [-0.3, -0.25) is 9.59 Å². The third-order valence-corrected chi connectivity index (χ3v) is 6.25. The lowest BCUT2D eigenvalue weighted by Gasteiger charge is -2.33. The molecule has 1 aromatic heterocycles. The zero-order valence-electron chi connectivity index (χ0n) is 16.2. The Kier molecular flexibility index (Phi) is 5.05. The molecule has 7 nitrogen and oxygen atoms in total. The second-order valence-electron chi connectivity index (χ2n) is 7.93. The zero-order chi connectivity index (χ0) is 20.6. The molecular formula is C21H22ClN5O2. The molecule has 1 saturated carbocycles. The molecule has 2 heterocycles. The molecule has 29 heavy (non-hydrogen) atoms. The van der Waals surface area contributed by atoms with Crippen LogP contribution in [0.4, 0.5) is 0 Å². The van der Waals surface area contributed by atoms with Crippen molar-refractivity contribution in [1.82, 2.24) is 20.0 Å². The number of benzene rings is 1. The molecule has 0 radical (unpaired) electrons. The second kappa shape index (κ2) is 7.53. The molecule has 4 rings (SSSR count). The van der Waals surface area contributed by atoms with Crippen LogP contribution >= 0.6 is 11.6 Å². The molecule has 150 valence electrons. The topological polar surface area (TPSA) is 91.0 Å². The number of halogens is 1. The number of carbonyl (C=O) groups is 2. The monoisotopic (exact) mass is 411 g/mol. The van der Waals surface area contributed by atoms with Gasteiger partial charge in [0.05, 0.1) is 17.4 Å². The van der Waals surface area contributed by atoms with Crippen molar-refractivity contribution in [1.29, 1.82) is 5.26 Å². The summed E-state index contributed by atoms with van der Waals surface area (Å²) >= 11 is 5.90. The molecule has 1 N–H and O–H groups in total. The highest BCUT2D eigenvalue weighted by Crippen LogP contribution is 2.53. The minimum absolute atomic E-state index is 0.0857. The Bertz CT molecular complexity index is 977. The summed E-state index contributed by atoms with van der Waals surface area (Å²) in [6.07, 6.45) is 5.99. The van der Waals surface area contributed by atoms with Gasteiger partial charge in [0.1, 0.15) is 12.1 Å². The Labute approximate surface area is 174 Å². The van der Waals surface area contributed by atoms with Crippen LogP contribution < -0.4 is 5.32 Å². The van der Waals surface area contributed by atoms with Gasteiger partial charge in [0, 0.05) is 18.1 Å². The number of likely N-dealkylation sites (tertiary alicyclic amines) is 1. The van der Waals surface area contributed by atoms with Crippen LogP contribution in [0.1, 0.15) is 48.7 Å². The molecule has 2 fully saturated rings. The van der Waals surface area contributed by atoms with E-state index in [0.717, 1.165) is 25.9 Å². The predicted molar refractivity (Wildman–Crippen MR) is 108 cm³/mol. The van der Waals surface area contributed by atoms with Gasteiger partial charge >= 0.3 is 0 Å². The Hall–Kier alpha value is -2.85. The van der Waals surface area contributed by atoms with Crippen LogP contribution in [-0.2, 0) is 4.79 Å². The second-order valence-corrected chi connectivity index (χ2v) is 8.36. The van der Waals surface area contributed by atoms with Crippen molar-refractivity contribution in [2.75, 3.05) is 13.1 Å². The quantitative estimate of drug-likeness (QED) is 0.837. The van der Waals surface area contributed by atoms with E-state index in [1.165, 1.54) is 23.7 Å². The van der Waals surface area contributed by atoms with Gasteiger partial charge in [-0.05, 0) is 62.3 Å². The Morgan fingerprint density at radius 2 is 1.86 bits per heavy atom. The van der Waals surface area contributed by atoms with Crippen LogP contribution in [0.25, 0.3) is 5.69 Å². The van der Waals surface area contributed by atoms with Gasteiger partial charge in [0.15, 0.2) is 5.69 Å². The van der Waals surface area contributed by atoms with Gasteiger partial charge < -0.3 is 10.2 Å². The van der Waals surface area contributed by atoms with Crippen LogP contribution in [0.15, 0.2) is 30.5 Å². The van der Waals surface area contributed by atoms with Gasteiger partial charge in [-0.15, -0.1) is 0 Å². The summed E-state index contributed by atoms with van der Waals surface area (Å²) in [7, 11) is 0. The van der Waals surface area contributed by atoms with Crippen molar-refractivity contribution >= 4 is 23.4 Å². The first-order valence-electron chi connectivity index (χ1n) is 9.76. The van der Waals surface area contributed by atoms with Crippen LogP contribution in [-0.4, -0.2) is 45.6 Å². The summed E-state index contributed by atoms with van der Waals surface area (Å²) in [6.45, 7) is 3.17. The summed E-state index contributed by atoms with van der Waals surface area (Å²) in [5, 5.41) is 17.0. The predicted octanol–water partition coefficient (Wildman–Crippen LogP) is 2.92. The van der Waals surface area contributed by atoms with E-state index in [-0.39, 0.29) is 17.2 Å². The fourth-order valence-electron chi connectivity index (χ4n) is 3.89. The highest BCUT2D eigenvalue weighted by atomic mass is 35.5. The largest absolute Gasteiger partial charge is 0.341 e. The number of aromatic nitrogens is 2. The molecule has 2 aliphatic rings. The number of rotatable bonds is 4. The summed E-state index contributed by atoms with van der Waals surface area (Å²) in [5.74, 6) is -0.573. The zero-order valence-corrected chi connectivity index (χ0v) is 16.9. The summed E-state index contributed by atoms with van der Waals surface area (Å²) in [6, 6.07) is 8.17. The molecule has 1 atom stereocenters. The number of nitrogens with zero attached hydrogens (tertiary/aromatic N) is 4. The van der Waals surface area contributed by atoms with Gasteiger partial charge in [0.2, 0.25) is 5.91 Å². The Morgan fingerprint density at radius 3 is 2.45 bits per heavy atom. The van der Waals surface area contributed by atoms with E-state index < -0.39 is 11.9 Å². The van der Waals surface area contributed by atoms with E-state index in [1.54, 1.807) is 31.2 Å². The molecule has 0 unspecified atom stereocenters. The number of hydrogen-bond donors (Lipinski definition) is 1. The lowest BCUT2D eigenvalue weighted by atomic mass is 9.93. The van der Waals surface area contributed by atoms with Gasteiger partial charge in [-0.25, -0.2) is 4.68 Å². The maximum atomic E-state index is 12.7. The number of carbonyl (C=O) groups excluding carboxylic acids is 2. The summed E-state index contributed by atoms with van der Waals surface area (Å²) in [5.41, 5.74) is 1.36. The first kappa shape index (κ1) is 19.5. The average Bonchev–Trinajstić information content (AvgIpc) is 3.33. The lowest BCUT2D eigenvalue weighted by Crippen LogP contribution is -2.49. The highest BCUT2D eigenvalue weighted by Gasteiger charge is 2.45. The minimum Gasteiger partial charge on any atom is -0.341 e. The number of nitriles is 1. The molecule has 1 saturated heterocycles. The maximum absolute atomic E-state index is 12.7. The average molecular weight is 412 g/mol. The van der Waals surface area contributed by atoms with Crippen molar-refractivity contribution in [2.45, 2.75) is 38.6 Å². The van der Waals surface area contributed by atoms with Crippen LogP contribution in [0, 0.1) is 16.7 Å². The Morgan fingerprint density at radius 1 is 1.21 bits per heavy atom. The molecule has 1 aromatic carbocycles. The number of piperidine rings is 1. The third kappa shape index (κ3) is 3.85. The molecule has 2 aromatic rings. The van der Waals surface area contributed by atoms with Gasteiger partial charge in [-0.2, -0.15) is 10.4 Å².